The Balaban J connectivity index is 2.06. The van der Waals surface area contributed by atoms with Crippen LogP contribution in [0.2, 0.25) is 0 Å². The summed E-state index contributed by atoms with van der Waals surface area (Å²) in [6.07, 6.45) is -0.125. The van der Waals surface area contributed by atoms with Crippen LogP contribution in [0.15, 0.2) is 42.5 Å². The van der Waals surface area contributed by atoms with Gasteiger partial charge in [-0.25, -0.2) is 4.79 Å². The zero-order valence-corrected chi connectivity index (χ0v) is 16.1. The zero-order chi connectivity index (χ0) is 19.8. The Morgan fingerprint density at radius 2 is 1.70 bits per heavy atom. The van der Waals surface area contributed by atoms with E-state index in [2.05, 4.69) is 5.32 Å². The third kappa shape index (κ3) is 5.48. The van der Waals surface area contributed by atoms with Crippen LogP contribution in [0.1, 0.15) is 36.2 Å². The first-order valence-corrected chi connectivity index (χ1v) is 8.87. The molecule has 0 spiro atoms. The Kier molecular flexibility index (Phi) is 7.23. The number of benzene rings is 2. The van der Waals surface area contributed by atoms with Crippen LogP contribution in [-0.4, -0.2) is 31.7 Å². The van der Waals surface area contributed by atoms with Crippen molar-refractivity contribution in [3.8, 4) is 11.5 Å². The van der Waals surface area contributed by atoms with E-state index in [1.54, 1.807) is 56.5 Å². The lowest BCUT2D eigenvalue weighted by Gasteiger charge is -2.18. The van der Waals surface area contributed by atoms with Crippen molar-refractivity contribution in [1.82, 2.24) is 0 Å². The van der Waals surface area contributed by atoms with E-state index in [0.29, 0.717) is 30.0 Å². The smallest absolute Gasteiger partial charge is 0.338 e. The van der Waals surface area contributed by atoms with Gasteiger partial charge in [0.05, 0.1) is 19.3 Å². The lowest BCUT2D eigenvalue weighted by molar-refractivity contribution is -0.122. The summed E-state index contributed by atoms with van der Waals surface area (Å²) >= 11 is 0. The summed E-state index contributed by atoms with van der Waals surface area (Å²) in [6.45, 7) is 5.78. The lowest BCUT2D eigenvalue weighted by Crippen LogP contribution is -2.32. The number of methoxy groups -OCH3 is 1. The second-order valence-corrected chi connectivity index (χ2v) is 5.93. The van der Waals surface area contributed by atoms with Crippen LogP contribution >= 0.6 is 0 Å². The Bertz CT molecular complexity index is 786. The van der Waals surface area contributed by atoms with Crippen molar-refractivity contribution in [3.05, 3.63) is 53.6 Å². The van der Waals surface area contributed by atoms with Crippen LogP contribution in [0.5, 0.6) is 11.5 Å². The molecule has 1 unspecified atom stereocenters. The van der Waals surface area contributed by atoms with E-state index in [0.717, 1.165) is 11.3 Å². The van der Waals surface area contributed by atoms with Crippen LogP contribution in [0.4, 0.5) is 5.69 Å². The van der Waals surface area contributed by atoms with E-state index in [9.17, 15) is 9.59 Å². The fourth-order valence-corrected chi connectivity index (χ4v) is 2.50. The highest BCUT2D eigenvalue weighted by molar-refractivity contribution is 5.96. The van der Waals surface area contributed by atoms with E-state index in [1.807, 2.05) is 13.8 Å². The van der Waals surface area contributed by atoms with Gasteiger partial charge in [0, 0.05) is 5.69 Å². The maximum Gasteiger partial charge on any atom is 0.338 e. The number of rotatable bonds is 8. The van der Waals surface area contributed by atoms with Crippen LogP contribution in [0, 0.1) is 6.92 Å². The van der Waals surface area contributed by atoms with Gasteiger partial charge in [0.1, 0.15) is 11.5 Å². The third-order valence-electron chi connectivity index (χ3n) is 4.00. The zero-order valence-electron chi connectivity index (χ0n) is 16.1. The van der Waals surface area contributed by atoms with E-state index >= 15 is 0 Å². The molecule has 27 heavy (non-hydrogen) atoms. The number of hydrogen-bond acceptors (Lipinski definition) is 5. The van der Waals surface area contributed by atoms with Crippen LogP contribution in [-0.2, 0) is 9.53 Å². The van der Waals surface area contributed by atoms with E-state index in [4.69, 9.17) is 14.2 Å². The second kappa shape index (κ2) is 9.62. The van der Waals surface area contributed by atoms with E-state index in [-0.39, 0.29) is 11.9 Å². The topological polar surface area (TPSA) is 73.9 Å². The Morgan fingerprint density at radius 1 is 1.04 bits per heavy atom. The molecule has 1 amide bonds. The maximum absolute atomic E-state index is 12.6. The van der Waals surface area contributed by atoms with E-state index in [1.165, 1.54) is 0 Å². The van der Waals surface area contributed by atoms with Gasteiger partial charge in [-0.3, -0.25) is 4.79 Å². The fraction of sp³-hybridized carbons (Fsp3) is 0.333. The number of carbonyl (C=O) groups excluding carboxylic acids is 2. The summed E-state index contributed by atoms with van der Waals surface area (Å²) in [7, 11) is 1.59. The van der Waals surface area contributed by atoms with Gasteiger partial charge in [-0.15, -0.1) is 0 Å². The number of hydrogen-bond donors (Lipinski definition) is 1. The molecule has 0 radical (unpaired) electrons. The molecular formula is C21H25NO5. The molecule has 0 heterocycles. The standard InChI is InChI=1S/C21H25NO5/c1-5-19(27-17-10-8-16(25-4)9-11-17)20(23)22-18-12-7-15(13-14(18)3)21(24)26-6-2/h7-13,19H,5-6H2,1-4H3,(H,22,23). The number of nitrogens with one attached hydrogen (secondary N) is 1. The van der Waals surface area contributed by atoms with Gasteiger partial charge in [0.2, 0.25) is 0 Å². The third-order valence-corrected chi connectivity index (χ3v) is 4.00. The van der Waals surface area contributed by atoms with Crippen molar-refractivity contribution in [1.29, 1.82) is 0 Å². The molecule has 1 N–H and O–H groups in total. The minimum Gasteiger partial charge on any atom is -0.497 e. The second-order valence-electron chi connectivity index (χ2n) is 5.93. The summed E-state index contributed by atoms with van der Waals surface area (Å²) in [5, 5.41) is 2.86. The van der Waals surface area contributed by atoms with Gasteiger partial charge in [0.25, 0.3) is 5.91 Å². The van der Waals surface area contributed by atoms with Gasteiger partial charge in [0.15, 0.2) is 6.10 Å². The molecule has 0 aliphatic carbocycles. The van der Waals surface area contributed by atoms with Gasteiger partial charge >= 0.3 is 5.97 Å². The predicted molar refractivity (Wildman–Crippen MR) is 103 cm³/mol. The average molecular weight is 371 g/mol. The van der Waals surface area contributed by atoms with Crippen molar-refractivity contribution in [2.75, 3.05) is 19.0 Å². The first-order chi connectivity index (χ1) is 13.0. The first-order valence-electron chi connectivity index (χ1n) is 8.87. The summed E-state index contributed by atoms with van der Waals surface area (Å²) in [6, 6.07) is 12.1. The number of anilines is 1. The fourth-order valence-electron chi connectivity index (χ4n) is 2.50. The summed E-state index contributed by atoms with van der Waals surface area (Å²) in [5.74, 6) is 0.678. The molecule has 1 atom stereocenters. The number of carbonyl (C=O) groups is 2. The van der Waals surface area contributed by atoms with Crippen molar-refractivity contribution in [2.45, 2.75) is 33.3 Å². The number of ether oxygens (including phenoxy) is 3. The summed E-state index contributed by atoms with van der Waals surface area (Å²) in [5.41, 5.74) is 1.85. The average Bonchev–Trinajstić information content (AvgIpc) is 2.68. The van der Waals surface area contributed by atoms with Crippen molar-refractivity contribution < 1.29 is 23.8 Å². The monoisotopic (exact) mass is 371 g/mol. The van der Waals surface area contributed by atoms with Crippen molar-refractivity contribution in [3.63, 3.8) is 0 Å². The van der Waals surface area contributed by atoms with Crippen LogP contribution < -0.4 is 14.8 Å². The first kappa shape index (κ1) is 20.3. The molecule has 0 saturated carbocycles. The van der Waals surface area contributed by atoms with Gasteiger partial charge < -0.3 is 19.5 Å². The van der Waals surface area contributed by atoms with Crippen LogP contribution in [0.3, 0.4) is 0 Å². The van der Waals surface area contributed by atoms with Gasteiger partial charge in [-0.1, -0.05) is 6.92 Å². The number of amides is 1. The van der Waals surface area contributed by atoms with Gasteiger partial charge in [-0.05, 0) is 68.3 Å². The molecule has 6 nitrogen and oxygen atoms in total. The molecule has 0 saturated heterocycles. The number of esters is 1. The molecule has 2 rings (SSSR count). The maximum atomic E-state index is 12.6. The molecule has 0 aromatic heterocycles. The SMILES string of the molecule is CCOC(=O)c1ccc(NC(=O)C(CC)Oc2ccc(OC)cc2)c(C)c1. The van der Waals surface area contributed by atoms with Crippen molar-refractivity contribution in [2.24, 2.45) is 0 Å². The largest absolute Gasteiger partial charge is 0.497 e. The Hall–Kier alpha value is -3.02. The van der Waals surface area contributed by atoms with Crippen LogP contribution in [0.25, 0.3) is 0 Å². The molecule has 2 aromatic rings. The highest BCUT2D eigenvalue weighted by atomic mass is 16.5. The molecule has 0 aliphatic rings. The minimum absolute atomic E-state index is 0.250. The summed E-state index contributed by atoms with van der Waals surface area (Å²) < 4.78 is 15.9. The van der Waals surface area contributed by atoms with E-state index < -0.39 is 6.10 Å². The minimum atomic E-state index is -0.637. The molecule has 144 valence electrons. The molecule has 0 aliphatic heterocycles. The molecule has 6 heteroatoms. The molecule has 0 fully saturated rings. The Morgan fingerprint density at radius 3 is 2.26 bits per heavy atom. The molecular weight excluding hydrogens is 346 g/mol. The quantitative estimate of drug-likeness (QED) is 0.711. The highest BCUT2D eigenvalue weighted by Crippen LogP contribution is 2.21. The van der Waals surface area contributed by atoms with Gasteiger partial charge in [-0.2, -0.15) is 0 Å². The number of aryl methyl sites for hydroxylation is 1. The lowest BCUT2D eigenvalue weighted by atomic mass is 10.1. The molecule has 0 bridgehead atoms. The highest BCUT2D eigenvalue weighted by Gasteiger charge is 2.19. The van der Waals surface area contributed by atoms with Crippen molar-refractivity contribution >= 4 is 17.6 Å². The Labute approximate surface area is 159 Å². The molecule has 2 aromatic carbocycles. The normalized spacial score (nSPS) is 11.4. The summed E-state index contributed by atoms with van der Waals surface area (Å²) in [4.78, 5) is 24.4. The predicted octanol–water partition coefficient (Wildman–Crippen LogP) is 3.98.